The molecule has 1 aromatic heterocycles. The molecule has 0 N–H and O–H groups in total. The molecule has 1 fully saturated rings. The summed E-state index contributed by atoms with van der Waals surface area (Å²) in [6.45, 7) is 3.49. The third-order valence-corrected chi connectivity index (χ3v) is 4.49. The second kappa shape index (κ2) is 7.96. The van der Waals surface area contributed by atoms with Gasteiger partial charge >= 0.3 is 0 Å². The van der Waals surface area contributed by atoms with Gasteiger partial charge in [0.05, 0.1) is 0 Å². The lowest BCUT2D eigenvalue weighted by Crippen LogP contribution is -2.50. The van der Waals surface area contributed by atoms with Crippen molar-refractivity contribution in [3.63, 3.8) is 0 Å². The van der Waals surface area contributed by atoms with Crippen LogP contribution in [-0.2, 0) is 4.79 Å². The highest BCUT2D eigenvalue weighted by Gasteiger charge is 2.27. The van der Waals surface area contributed by atoms with E-state index in [2.05, 4.69) is 14.9 Å². The third-order valence-electron chi connectivity index (χ3n) is 4.49. The van der Waals surface area contributed by atoms with E-state index in [9.17, 15) is 4.79 Å². The van der Waals surface area contributed by atoms with E-state index in [1.165, 1.54) is 0 Å². The minimum Gasteiger partial charge on any atom is -0.484 e. The van der Waals surface area contributed by atoms with Gasteiger partial charge < -0.3 is 14.5 Å². The maximum atomic E-state index is 12.5. The minimum atomic E-state index is 0.0202. The Morgan fingerprint density at radius 3 is 2.72 bits per heavy atom. The molecule has 0 spiro atoms. The Kier molecular flexibility index (Phi) is 5.48. The monoisotopic (exact) mass is 340 g/mol. The van der Waals surface area contributed by atoms with Gasteiger partial charge in [-0.2, -0.15) is 0 Å². The van der Waals surface area contributed by atoms with E-state index in [0.29, 0.717) is 12.5 Å². The number of amides is 1. The molecular formula is C19H24N4O2. The molecule has 1 aromatic carbocycles. The molecule has 132 valence electrons. The maximum Gasteiger partial charge on any atom is 0.260 e. The number of carbonyl (C=O) groups excluding carboxylic acids is 1. The fourth-order valence-electron chi connectivity index (χ4n) is 2.98. The average molecular weight is 340 g/mol. The number of carbonyl (C=O) groups is 1. The van der Waals surface area contributed by atoms with Crippen molar-refractivity contribution in [1.82, 2.24) is 14.9 Å². The van der Waals surface area contributed by atoms with E-state index < -0.39 is 0 Å². The normalized spacial score (nSPS) is 17.2. The molecular weight excluding hydrogens is 316 g/mol. The van der Waals surface area contributed by atoms with E-state index in [-0.39, 0.29) is 18.6 Å². The number of para-hydroxylation sites is 1. The molecule has 1 aliphatic rings. The van der Waals surface area contributed by atoms with Crippen molar-refractivity contribution in [2.24, 2.45) is 0 Å². The minimum absolute atomic E-state index is 0.0202. The van der Waals surface area contributed by atoms with E-state index in [1.807, 2.05) is 61.6 Å². The summed E-state index contributed by atoms with van der Waals surface area (Å²) in [4.78, 5) is 25.2. The predicted octanol–water partition coefficient (Wildman–Crippen LogP) is 2.29. The zero-order valence-corrected chi connectivity index (χ0v) is 14.8. The third kappa shape index (κ3) is 4.47. The first-order chi connectivity index (χ1) is 12.1. The van der Waals surface area contributed by atoms with Crippen molar-refractivity contribution >= 4 is 11.9 Å². The molecule has 1 unspecified atom stereocenters. The molecule has 0 radical (unpaired) electrons. The lowest BCUT2D eigenvalue weighted by Gasteiger charge is -2.37. The Morgan fingerprint density at radius 2 is 2.00 bits per heavy atom. The number of piperidine rings is 1. The number of aromatic nitrogens is 2. The summed E-state index contributed by atoms with van der Waals surface area (Å²) in [5.74, 6) is 1.44. The lowest BCUT2D eigenvalue weighted by molar-refractivity contribution is -0.134. The number of hydrogen-bond acceptors (Lipinski definition) is 5. The van der Waals surface area contributed by atoms with Gasteiger partial charge in [0.2, 0.25) is 5.95 Å². The zero-order valence-electron chi connectivity index (χ0n) is 14.8. The summed E-state index contributed by atoms with van der Waals surface area (Å²) in [5, 5.41) is 0. The largest absolute Gasteiger partial charge is 0.484 e. The Bertz CT molecular complexity index is 690. The molecule has 2 aromatic rings. The van der Waals surface area contributed by atoms with Crippen LogP contribution in [0.3, 0.4) is 0 Å². The fourth-order valence-corrected chi connectivity index (χ4v) is 2.98. The van der Waals surface area contributed by atoms with Gasteiger partial charge in [0.1, 0.15) is 5.75 Å². The van der Waals surface area contributed by atoms with Gasteiger partial charge in [-0.25, -0.2) is 9.97 Å². The first-order valence-electron chi connectivity index (χ1n) is 8.60. The van der Waals surface area contributed by atoms with Crippen LogP contribution in [-0.4, -0.2) is 53.6 Å². The molecule has 6 heteroatoms. The van der Waals surface area contributed by atoms with E-state index in [1.54, 1.807) is 0 Å². The summed E-state index contributed by atoms with van der Waals surface area (Å²) in [7, 11) is 1.99. The number of hydrogen-bond donors (Lipinski definition) is 0. The Balaban J connectivity index is 1.56. The van der Waals surface area contributed by atoms with Crippen LogP contribution < -0.4 is 9.64 Å². The summed E-state index contributed by atoms with van der Waals surface area (Å²) < 4.78 is 5.59. The van der Waals surface area contributed by atoms with Crippen LogP contribution in [0.4, 0.5) is 5.95 Å². The number of ether oxygens (including phenoxy) is 1. The zero-order chi connectivity index (χ0) is 17.6. The summed E-state index contributed by atoms with van der Waals surface area (Å²) >= 11 is 0. The van der Waals surface area contributed by atoms with Crippen molar-refractivity contribution in [1.29, 1.82) is 0 Å². The number of likely N-dealkylation sites (N-methyl/N-ethyl adjacent to an activating group) is 1. The maximum absolute atomic E-state index is 12.5. The van der Waals surface area contributed by atoms with Crippen molar-refractivity contribution in [2.45, 2.75) is 25.8 Å². The van der Waals surface area contributed by atoms with Crippen LogP contribution in [0.2, 0.25) is 0 Å². The standard InChI is InChI=1S/C19H24N4O2/c1-15-11-20-19(21-12-15)22(2)16-7-6-10-23(13-16)18(24)14-25-17-8-4-3-5-9-17/h3-5,8-9,11-12,16H,6-7,10,13-14H2,1-2H3. The first kappa shape index (κ1) is 17.2. The average Bonchev–Trinajstić information content (AvgIpc) is 2.67. The Hall–Kier alpha value is -2.63. The summed E-state index contributed by atoms with van der Waals surface area (Å²) in [6.07, 6.45) is 5.63. The molecule has 1 atom stereocenters. The molecule has 1 aliphatic heterocycles. The van der Waals surface area contributed by atoms with Crippen LogP contribution in [0.5, 0.6) is 5.75 Å². The van der Waals surface area contributed by atoms with Crippen LogP contribution >= 0.6 is 0 Å². The molecule has 0 saturated carbocycles. The van der Waals surface area contributed by atoms with E-state index in [0.717, 1.165) is 30.7 Å². The molecule has 2 heterocycles. The fraction of sp³-hybridized carbons (Fsp3) is 0.421. The van der Waals surface area contributed by atoms with Crippen molar-refractivity contribution < 1.29 is 9.53 Å². The van der Waals surface area contributed by atoms with Gasteiger partial charge in [0.15, 0.2) is 6.61 Å². The van der Waals surface area contributed by atoms with Crippen LogP contribution in [0, 0.1) is 6.92 Å². The molecule has 6 nitrogen and oxygen atoms in total. The number of anilines is 1. The molecule has 1 amide bonds. The summed E-state index contributed by atoms with van der Waals surface area (Å²) in [6, 6.07) is 9.65. The van der Waals surface area contributed by atoms with Crippen LogP contribution in [0.15, 0.2) is 42.7 Å². The van der Waals surface area contributed by atoms with Crippen LogP contribution in [0.25, 0.3) is 0 Å². The van der Waals surface area contributed by atoms with Gasteiger partial charge in [-0.15, -0.1) is 0 Å². The van der Waals surface area contributed by atoms with Crippen LogP contribution in [0.1, 0.15) is 18.4 Å². The number of likely N-dealkylation sites (tertiary alicyclic amines) is 1. The number of benzene rings is 1. The van der Waals surface area contributed by atoms with E-state index in [4.69, 9.17) is 4.74 Å². The predicted molar refractivity (Wildman–Crippen MR) is 96.7 cm³/mol. The number of nitrogens with zero attached hydrogens (tertiary/aromatic N) is 4. The van der Waals surface area contributed by atoms with Crippen molar-refractivity contribution in [3.8, 4) is 5.75 Å². The van der Waals surface area contributed by atoms with E-state index >= 15 is 0 Å². The highest BCUT2D eigenvalue weighted by Crippen LogP contribution is 2.19. The molecule has 0 bridgehead atoms. The second-order valence-corrected chi connectivity index (χ2v) is 6.41. The number of rotatable bonds is 5. The summed E-state index contributed by atoms with van der Waals surface area (Å²) in [5.41, 5.74) is 1.04. The van der Waals surface area contributed by atoms with Gasteiger partial charge in [0.25, 0.3) is 5.91 Å². The Morgan fingerprint density at radius 1 is 1.28 bits per heavy atom. The highest BCUT2D eigenvalue weighted by molar-refractivity contribution is 5.78. The second-order valence-electron chi connectivity index (χ2n) is 6.41. The molecule has 3 rings (SSSR count). The number of aryl methyl sites for hydroxylation is 1. The molecule has 25 heavy (non-hydrogen) atoms. The van der Waals surface area contributed by atoms with Crippen molar-refractivity contribution in [2.75, 3.05) is 31.6 Å². The molecule has 0 aliphatic carbocycles. The Labute approximate surface area is 148 Å². The van der Waals surface area contributed by atoms with Gasteiger partial charge in [-0.1, -0.05) is 18.2 Å². The molecule has 1 saturated heterocycles. The lowest BCUT2D eigenvalue weighted by atomic mass is 10.0. The SMILES string of the molecule is Cc1cnc(N(C)C2CCCN(C(=O)COc3ccccc3)C2)nc1. The van der Waals surface area contributed by atoms with Gasteiger partial charge in [-0.05, 0) is 37.5 Å². The first-order valence-corrected chi connectivity index (χ1v) is 8.60. The van der Waals surface area contributed by atoms with Gasteiger partial charge in [0, 0.05) is 38.6 Å². The smallest absolute Gasteiger partial charge is 0.260 e. The van der Waals surface area contributed by atoms with Gasteiger partial charge in [-0.3, -0.25) is 4.79 Å². The highest BCUT2D eigenvalue weighted by atomic mass is 16.5. The van der Waals surface area contributed by atoms with Crippen molar-refractivity contribution in [3.05, 3.63) is 48.3 Å². The topological polar surface area (TPSA) is 58.6 Å². The quantitative estimate of drug-likeness (QED) is 0.836.